The molecule has 0 amide bonds. The maximum atomic E-state index is 4.50. The van der Waals surface area contributed by atoms with Crippen molar-refractivity contribution in [2.45, 2.75) is 25.8 Å². The average Bonchev–Trinajstić information content (AvgIpc) is 3.20. The molecular weight excluding hydrogens is 439 g/mol. The Morgan fingerprint density at radius 3 is 2.69 bits per heavy atom. The molecule has 0 atom stereocenters. The van der Waals surface area contributed by atoms with E-state index in [0.717, 1.165) is 50.1 Å². The monoisotopic (exact) mass is 466 g/mol. The Balaban J connectivity index is 0.00000243. The minimum Gasteiger partial charge on any atom is -0.357 e. The van der Waals surface area contributed by atoms with Gasteiger partial charge < -0.3 is 15.5 Å². The number of aromatic nitrogens is 2. The SMILES string of the molecule is CN=C(NCCc1ccccn1)NCc1ccnc(N2CCCC2)c1.I. The molecule has 3 rings (SSSR count). The predicted molar refractivity (Wildman–Crippen MR) is 117 cm³/mol. The molecule has 0 aromatic carbocycles. The van der Waals surface area contributed by atoms with Crippen LogP contribution >= 0.6 is 24.0 Å². The Hall–Kier alpha value is -1.90. The Kier molecular flexibility index (Phi) is 8.60. The molecule has 3 heterocycles. The summed E-state index contributed by atoms with van der Waals surface area (Å²) in [6, 6.07) is 10.2. The number of rotatable bonds is 6. The Morgan fingerprint density at radius 1 is 1.12 bits per heavy atom. The number of aliphatic imine (C=N–C) groups is 1. The molecule has 0 unspecified atom stereocenters. The van der Waals surface area contributed by atoms with Crippen molar-refractivity contribution in [3.63, 3.8) is 0 Å². The molecule has 1 aliphatic heterocycles. The van der Waals surface area contributed by atoms with E-state index in [1.54, 1.807) is 7.05 Å². The van der Waals surface area contributed by atoms with Crippen molar-refractivity contribution < 1.29 is 0 Å². The van der Waals surface area contributed by atoms with Crippen molar-refractivity contribution in [3.8, 4) is 0 Å². The van der Waals surface area contributed by atoms with Gasteiger partial charge in [-0.15, -0.1) is 24.0 Å². The highest BCUT2D eigenvalue weighted by Gasteiger charge is 2.13. The zero-order valence-electron chi connectivity index (χ0n) is 15.2. The maximum absolute atomic E-state index is 4.50. The lowest BCUT2D eigenvalue weighted by atomic mass is 10.2. The molecule has 0 bridgehead atoms. The number of hydrogen-bond donors (Lipinski definition) is 2. The molecule has 1 aliphatic rings. The minimum atomic E-state index is 0. The van der Waals surface area contributed by atoms with Crippen molar-refractivity contribution in [2.75, 3.05) is 31.6 Å². The van der Waals surface area contributed by atoms with Gasteiger partial charge in [0, 0.05) is 57.7 Å². The van der Waals surface area contributed by atoms with Gasteiger partial charge in [-0.3, -0.25) is 9.98 Å². The smallest absolute Gasteiger partial charge is 0.191 e. The second-order valence-corrected chi connectivity index (χ2v) is 6.14. The summed E-state index contributed by atoms with van der Waals surface area (Å²) in [5.74, 6) is 1.88. The average molecular weight is 466 g/mol. The molecule has 1 fully saturated rings. The summed E-state index contributed by atoms with van der Waals surface area (Å²) in [5.41, 5.74) is 2.29. The molecular formula is C19H27IN6. The Morgan fingerprint density at radius 2 is 1.96 bits per heavy atom. The van der Waals surface area contributed by atoms with Crippen LogP contribution in [0.3, 0.4) is 0 Å². The molecule has 0 aliphatic carbocycles. The van der Waals surface area contributed by atoms with Gasteiger partial charge in [0.25, 0.3) is 0 Å². The van der Waals surface area contributed by atoms with Gasteiger partial charge in [0.15, 0.2) is 5.96 Å². The van der Waals surface area contributed by atoms with Crippen molar-refractivity contribution in [1.29, 1.82) is 0 Å². The highest BCUT2D eigenvalue weighted by molar-refractivity contribution is 14.0. The lowest BCUT2D eigenvalue weighted by molar-refractivity contribution is 0.783. The van der Waals surface area contributed by atoms with Crippen LogP contribution in [-0.4, -0.2) is 42.6 Å². The number of halogens is 1. The van der Waals surface area contributed by atoms with Crippen LogP contribution in [0.15, 0.2) is 47.7 Å². The number of hydrogen-bond acceptors (Lipinski definition) is 4. The van der Waals surface area contributed by atoms with Gasteiger partial charge in [0.05, 0.1) is 0 Å². The first-order chi connectivity index (χ1) is 12.3. The van der Waals surface area contributed by atoms with E-state index in [-0.39, 0.29) is 24.0 Å². The van der Waals surface area contributed by atoms with E-state index in [1.165, 1.54) is 18.4 Å². The van der Waals surface area contributed by atoms with E-state index >= 15 is 0 Å². The largest absolute Gasteiger partial charge is 0.357 e. The van der Waals surface area contributed by atoms with Crippen LogP contribution in [0.5, 0.6) is 0 Å². The van der Waals surface area contributed by atoms with E-state index in [0.29, 0.717) is 0 Å². The number of anilines is 1. The van der Waals surface area contributed by atoms with Crippen molar-refractivity contribution >= 4 is 35.8 Å². The fraction of sp³-hybridized carbons (Fsp3) is 0.421. The Labute approximate surface area is 172 Å². The van der Waals surface area contributed by atoms with Gasteiger partial charge in [0.2, 0.25) is 0 Å². The first kappa shape index (κ1) is 20.4. The highest BCUT2D eigenvalue weighted by Crippen LogP contribution is 2.18. The first-order valence-corrected chi connectivity index (χ1v) is 8.89. The van der Waals surface area contributed by atoms with Crippen LogP contribution in [0.1, 0.15) is 24.1 Å². The van der Waals surface area contributed by atoms with E-state index < -0.39 is 0 Å². The van der Waals surface area contributed by atoms with E-state index in [1.807, 2.05) is 36.7 Å². The molecule has 0 saturated carbocycles. The van der Waals surface area contributed by atoms with Crippen LogP contribution in [0.2, 0.25) is 0 Å². The van der Waals surface area contributed by atoms with Crippen molar-refractivity contribution in [1.82, 2.24) is 20.6 Å². The molecule has 0 radical (unpaired) electrons. The predicted octanol–water partition coefficient (Wildman–Crippen LogP) is 2.60. The standard InChI is InChI=1S/C19H26N6.HI/c1-20-19(23-11-8-17-6-2-3-9-21-17)24-15-16-7-10-22-18(14-16)25-12-4-5-13-25;/h2-3,6-7,9-10,14H,4-5,8,11-13,15H2,1H3,(H2,20,23,24);1H. The van der Waals surface area contributed by atoms with Gasteiger partial charge in [-0.2, -0.15) is 0 Å². The summed E-state index contributed by atoms with van der Waals surface area (Å²) in [5, 5.41) is 6.69. The van der Waals surface area contributed by atoms with Gasteiger partial charge >= 0.3 is 0 Å². The molecule has 140 valence electrons. The fourth-order valence-electron chi connectivity index (χ4n) is 2.95. The second kappa shape index (κ2) is 10.9. The second-order valence-electron chi connectivity index (χ2n) is 6.14. The van der Waals surface area contributed by atoms with Crippen LogP contribution in [0.4, 0.5) is 5.82 Å². The van der Waals surface area contributed by atoms with Gasteiger partial charge in [-0.05, 0) is 42.7 Å². The molecule has 1 saturated heterocycles. The normalized spacial score (nSPS) is 14.0. The quantitative estimate of drug-likeness (QED) is 0.390. The number of pyridine rings is 2. The summed E-state index contributed by atoms with van der Waals surface area (Å²) in [6.45, 7) is 3.75. The Bertz CT molecular complexity index is 685. The highest BCUT2D eigenvalue weighted by atomic mass is 127. The number of nitrogens with zero attached hydrogens (tertiary/aromatic N) is 4. The topological polar surface area (TPSA) is 65.4 Å². The van der Waals surface area contributed by atoms with Crippen molar-refractivity contribution in [3.05, 3.63) is 54.0 Å². The number of nitrogens with one attached hydrogen (secondary N) is 2. The summed E-state index contributed by atoms with van der Waals surface area (Å²) in [4.78, 5) is 15.5. The third-order valence-corrected chi connectivity index (χ3v) is 4.32. The van der Waals surface area contributed by atoms with Crippen LogP contribution < -0.4 is 15.5 Å². The fourth-order valence-corrected chi connectivity index (χ4v) is 2.95. The third kappa shape index (κ3) is 6.12. The molecule has 7 heteroatoms. The summed E-state index contributed by atoms with van der Waals surface area (Å²) in [7, 11) is 1.79. The molecule has 6 nitrogen and oxygen atoms in total. The lowest BCUT2D eigenvalue weighted by Crippen LogP contribution is -2.38. The van der Waals surface area contributed by atoms with E-state index in [9.17, 15) is 0 Å². The molecule has 0 spiro atoms. The lowest BCUT2D eigenvalue weighted by Gasteiger charge is -2.17. The summed E-state index contributed by atoms with van der Waals surface area (Å²) in [6.07, 6.45) is 7.11. The van der Waals surface area contributed by atoms with Crippen LogP contribution in [-0.2, 0) is 13.0 Å². The third-order valence-electron chi connectivity index (χ3n) is 4.32. The molecule has 2 aromatic rings. The maximum Gasteiger partial charge on any atom is 0.191 e. The first-order valence-electron chi connectivity index (χ1n) is 8.89. The summed E-state index contributed by atoms with van der Waals surface area (Å²) >= 11 is 0. The zero-order valence-corrected chi connectivity index (χ0v) is 17.5. The summed E-state index contributed by atoms with van der Waals surface area (Å²) < 4.78 is 0. The molecule has 2 aromatic heterocycles. The van der Waals surface area contributed by atoms with Gasteiger partial charge in [0.1, 0.15) is 5.82 Å². The van der Waals surface area contributed by atoms with Crippen molar-refractivity contribution in [2.24, 2.45) is 4.99 Å². The zero-order chi connectivity index (χ0) is 17.3. The minimum absolute atomic E-state index is 0. The number of guanidine groups is 1. The van der Waals surface area contributed by atoms with Crippen LogP contribution in [0.25, 0.3) is 0 Å². The van der Waals surface area contributed by atoms with Gasteiger partial charge in [-0.1, -0.05) is 6.07 Å². The van der Waals surface area contributed by atoms with Gasteiger partial charge in [-0.25, -0.2) is 4.98 Å². The van der Waals surface area contributed by atoms with E-state index in [2.05, 4.69) is 36.6 Å². The molecule has 2 N–H and O–H groups in total. The molecule has 26 heavy (non-hydrogen) atoms. The van der Waals surface area contributed by atoms with Crippen LogP contribution in [0, 0.1) is 0 Å². The van der Waals surface area contributed by atoms with E-state index in [4.69, 9.17) is 0 Å².